The largest absolute Gasteiger partial charge is 0.390 e. The summed E-state index contributed by atoms with van der Waals surface area (Å²) in [7, 11) is 0. The highest BCUT2D eigenvalue weighted by Crippen LogP contribution is 2.21. The van der Waals surface area contributed by atoms with Crippen LogP contribution >= 0.6 is 0 Å². The molecule has 1 saturated heterocycles. The van der Waals surface area contributed by atoms with Gasteiger partial charge in [-0.1, -0.05) is 60.7 Å². The number of amides is 3. The Labute approximate surface area is 216 Å². The molecule has 1 aliphatic heterocycles. The van der Waals surface area contributed by atoms with Crippen LogP contribution in [-0.2, 0) is 16.0 Å². The van der Waals surface area contributed by atoms with Gasteiger partial charge in [0.05, 0.1) is 6.10 Å². The lowest BCUT2D eigenvalue weighted by Gasteiger charge is -2.35. The Hall–Kier alpha value is -3.75. The monoisotopic (exact) mass is 502 g/mol. The molecule has 1 heterocycles. The van der Waals surface area contributed by atoms with Gasteiger partial charge in [-0.05, 0) is 47.7 Å². The Morgan fingerprint density at radius 1 is 0.973 bits per heavy atom. The highest BCUT2D eigenvalue weighted by molar-refractivity contribution is 5.98. The average Bonchev–Trinajstić information content (AvgIpc) is 2.95. The molecule has 8 heteroatoms. The van der Waals surface area contributed by atoms with Gasteiger partial charge in [0.15, 0.2) is 0 Å². The summed E-state index contributed by atoms with van der Waals surface area (Å²) in [5.74, 6) is -0.961. The molecule has 5 N–H and O–H groups in total. The first-order chi connectivity index (χ1) is 18.0. The number of likely N-dealkylation sites (tertiary alicyclic amines) is 1. The predicted octanol–water partition coefficient (Wildman–Crippen LogP) is 2.00. The molecule has 37 heavy (non-hydrogen) atoms. The lowest BCUT2D eigenvalue weighted by atomic mass is 9.98. The molecule has 2 unspecified atom stereocenters. The first-order valence-electron chi connectivity index (χ1n) is 12.8. The summed E-state index contributed by atoms with van der Waals surface area (Å²) in [6.45, 7) is 0.484. The van der Waals surface area contributed by atoms with Crippen molar-refractivity contribution >= 4 is 28.5 Å². The minimum absolute atomic E-state index is 0.0124. The fraction of sp³-hybridized carbons (Fsp3) is 0.345. The van der Waals surface area contributed by atoms with Crippen molar-refractivity contribution in [2.75, 3.05) is 19.6 Å². The average molecular weight is 503 g/mol. The minimum atomic E-state index is -0.880. The molecule has 0 aromatic heterocycles. The summed E-state index contributed by atoms with van der Waals surface area (Å²) in [6.07, 6.45) is 1.56. The maximum atomic E-state index is 13.5. The summed E-state index contributed by atoms with van der Waals surface area (Å²) in [4.78, 5) is 41.4. The predicted molar refractivity (Wildman–Crippen MR) is 143 cm³/mol. The second-order valence-corrected chi connectivity index (χ2v) is 9.46. The second kappa shape index (κ2) is 12.5. The number of nitrogens with zero attached hydrogens (tertiary/aromatic N) is 1. The fourth-order valence-electron chi connectivity index (χ4n) is 4.70. The minimum Gasteiger partial charge on any atom is -0.390 e. The zero-order valence-corrected chi connectivity index (χ0v) is 20.8. The molecule has 0 saturated carbocycles. The SMILES string of the molecule is NCC(O)CNC(=O)[C@@H](Cc1ccc2ccccc2c1)NC(=O)C1CCCCN1C(=O)c1ccccc1. The van der Waals surface area contributed by atoms with Crippen LogP contribution in [0.25, 0.3) is 10.8 Å². The van der Waals surface area contributed by atoms with Crippen molar-refractivity contribution in [3.8, 4) is 0 Å². The van der Waals surface area contributed by atoms with Crippen molar-refractivity contribution in [1.29, 1.82) is 0 Å². The number of carbonyl (C=O) groups is 3. The van der Waals surface area contributed by atoms with Crippen LogP contribution in [-0.4, -0.2) is 65.5 Å². The van der Waals surface area contributed by atoms with Crippen molar-refractivity contribution in [3.05, 3.63) is 83.9 Å². The first kappa shape index (κ1) is 26.3. The van der Waals surface area contributed by atoms with Crippen molar-refractivity contribution < 1.29 is 19.5 Å². The smallest absolute Gasteiger partial charge is 0.254 e. The van der Waals surface area contributed by atoms with Gasteiger partial charge < -0.3 is 26.4 Å². The second-order valence-electron chi connectivity index (χ2n) is 9.46. The Morgan fingerprint density at radius 2 is 1.70 bits per heavy atom. The molecular formula is C29H34N4O4. The number of piperidine rings is 1. The number of benzene rings is 3. The molecule has 0 aliphatic carbocycles. The van der Waals surface area contributed by atoms with Crippen LogP contribution in [0.2, 0.25) is 0 Å². The third kappa shape index (κ3) is 6.72. The zero-order chi connectivity index (χ0) is 26.2. The Bertz CT molecular complexity index is 1230. The van der Waals surface area contributed by atoms with E-state index in [1.165, 1.54) is 0 Å². The van der Waals surface area contributed by atoms with Crippen LogP contribution in [0.15, 0.2) is 72.8 Å². The highest BCUT2D eigenvalue weighted by Gasteiger charge is 2.34. The van der Waals surface area contributed by atoms with Gasteiger partial charge in [-0.3, -0.25) is 14.4 Å². The standard InChI is InChI=1S/C29H34N4O4/c30-18-24(34)19-31-27(35)25(17-20-13-14-21-8-4-5-11-23(21)16-20)32-28(36)26-12-6-7-15-33(26)29(37)22-9-2-1-3-10-22/h1-5,8-11,13-14,16,24-26,34H,6-7,12,15,17-19,30H2,(H,31,35)(H,32,36)/t24?,25-,26?/m1/s1. The van der Waals surface area contributed by atoms with Gasteiger partial charge in [-0.25, -0.2) is 0 Å². The van der Waals surface area contributed by atoms with E-state index < -0.39 is 24.1 Å². The van der Waals surface area contributed by atoms with Crippen LogP contribution in [0, 0.1) is 0 Å². The van der Waals surface area contributed by atoms with Crippen molar-refractivity contribution in [2.24, 2.45) is 5.73 Å². The number of nitrogens with two attached hydrogens (primary N) is 1. The van der Waals surface area contributed by atoms with Crippen LogP contribution in [0.1, 0.15) is 35.2 Å². The Kier molecular flexibility index (Phi) is 8.87. The highest BCUT2D eigenvalue weighted by atomic mass is 16.3. The van der Waals surface area contributed by atoms with E-state index in [1.54, 1.807) is 29.2 Å². The summed E-state index contributed by atoms with van der Waals surface area (Å²) < 4.78 is 0. The normalized spacial score (nSPS) is 17.1. The fourth-order valence-corrected chi connectivity index (χ4v) is 4.70. The molecule has 194 valence electrons. The van der Waals surface area contributed by atoms with Crippen molar-refractivity contribution in [3.63, 3.8) is 0 Å². The zero-order valence-electron chi connectivity index (χ0n) is 20.8. The van der Waals surface area contributed by atoms with E-state index in [9.17, 15) is 19.5 Å². The molecule has 8 nitrogen and oxygen atoms in total. The van der Waals surface area contributed by atoms with Crippen LogP contribution in [0.5, 0.6) is 0 Å². The number of rotatable bonds is 9. The van der Waals surface area contributed by atoms with E-state index >= 15 is 0 Å². The maximum Gasteiger partial charge on any atom is 0.254 e. The third-order valence-corrected chi connectivity index (χ3v) is 6.76. The van der Waals surface area contributed by atoms with E-state index in [4.69, 9.17) is 5.73 Å². The van der Waals surface area contributed by atoms with Gasteiger partial charge in [0.1, 0.15) is 12.1 Å². The molecule has 0 radical (unpaired) electrons. The molecule has 3 aromatic carbocycles. The van der Waals surface area contributed by atoms with E-state index in [1.807, 2.05) is 48.5 Å². The number of fused-ring (bicyclic) bond motifs is 1. The molecule has 0 spiro atoms. The van der Waals surface area contributed by atoms with Gasteiger partial charge in [0.2, 0.25) is 11.8 Å². The Balaban J connectivity index is 1.53. The molecule has 3 amide bonds. The summed E-state index contributed by atoms with van der Waals surface area (Å²) in [5.41, 5.74) is 6.89. The van der Waals surface area contributed by atoms with Gasteiger partial charge >= 0.3 is 0 Å². The molecule has 0 bridgehead atoms. The van der Waals surface area contributed by atoms with Crippen LogP contribution in [0.3, 0.4) is 0 Å². The maximum absolute atomic E-state index is 13.5. The number of aliphatic hydroxyl groups excluding tert-OH is 1. The summed E-state index contributed by atoms with van der Waals surface area (Å²) in [5, 5.41) is 17.5. The molecule has 1 fully saturated rings. The summed E-state index contributed by atoms with van der Waals surface area (Å²) in [6, 6.07) is 21.2. The van der Waals surface area contributed by atoms with Crippen LogP contribution < -0.4 is 16.4 Å². The lowest BCUT2D eigenvalue weighted by Crippen LogP contribution is -2.57. The van der Waals surface area contributed by atoms with E-state index in [0.717, 1.165) is 29.2 Å². The lowest BCUT2D eigenvalue weighted by molar-refractivity contribution is -0.132. The summed E-state index contributed by atoms with van der Waals surface area (Å²) >= 11 is 0. The number of hydrogen-bond donors (Lipinski definition) is 4. The molecule has 3 atom stereocenters. The first-order valence-corrected chi connectivity index (χ1v) is 12.8. The van der Waals surface area contributed by atoms with Gasteiger partial charge in [0.25, 0.3) is 5.91 Å². The van der Waals surface area contributed by atoms with Gasteiger partial charge in [0, 0.05) is 31.6 Å². The number of nitrogens with one attached hydrogen (secondary N) is 2. The van der Waals surface area contributed by atoms with Gasteiger partial charge in [-0.2, -0.15) is 0 Å². The number of aliphatic hydroxyl groups is 1. The molecule has 1 aliphatic rings. The Morgan fingerprint density at radius 3 is 2.46 bits per heavy atom. The molecule has 3 aromatic rings. The van der Waals surface area contributed by atoms with E-state index in [0.29, 0.717) is 18.5 Å². The van der Waals surface area contributed by atoms with E-state index in [2.05, 4.69) is 10.6 Å². The van der Waals surface area contributed by atoms with E-state index in [-0.39, 0.29) is 31.3 Å². The van der Waals surface area contributed by atoms with Crippen molar-refractivity contribution in [2.45, 2.75) is 43.9 Å². The molecule has 4 rings (SSSR count). The number of carbonyl (C=O) groups excluding carboxylic acids is 3. The number of hydrogen-bond acceptors (Lipinski definition) is 5. The van der Waals surface area contributed by atoms with Crippen LogP contribution in [0.4, 0.5) is 0 Å². The van der Waals surface area contributed by atoms with Crippen molar-refractivity contribution in [1.82, 2.24) is 15.5 Å². The molecular weight excluding hydrogens is 468 g/mol. The topological polar surface area (TPSA) is 125 Å². The quantitative estimate of drug-likeness (QED) is 0.356. The van der Waals surface area contributed by atoms with Gasteiger partial charge in [-0.15, -0.1) is 0 Å². The third-order valence-electron chi connectivity index (χ3n) is 6.76.